The van der Waals surface area contributed by atoms with Crippen molar-refractivity contribution in [1.82, 2.24) is 0 Å². The molecule has 11 aromatic rings. The second kappa shape index (κ2) is 18.4. The Kier molecular flexibility index (Phi) is 11.4. The second-order valence-corrected chi connectivity index (χ2v) is 25.8. The third kappa shape index (κ3) is 7.72. The fourth-order valence-corrected chi connectivity index (χ4v) is 14.5. The zero-order valence-corrected chi connectivity index (χ0v) is 48.2. The van der Waals surface area contributed by atoms with Gasteiger partial charge in [-0.1, -0.05) is 268 Å². The molecule has 0 spiro atoms. The molecule has 0 bridgehead atoms. The maximum absolute atomic E-state index is 2.52. The molecule has 1 atom stereocenters. The first-order chi connectivity index (χ1) is 39.1. The van der Waals surface area contributed by atoms with Gasteiger partial charge in [0.25, 0.3) is 0 Å². The summed E-state index contributed by atoms with van der Waals surface area (Å²) in [6.07, 6.45) is 0. The van der Waals surface area contributed by atoms with Crippen LogP contribution in [0, 0.1) is 0 Å². The molecule has 3 aliphatic rings. The van der Waals surface area contributed by atoms with Gasteiger partial charge in [-0.3, -0.25) is 0 Å². The molecule has 1 heteroatoms. The van der Waals surface area contributed by atoms with Crippen LogP contribution in [0.15, 0.2) is 255 Å². The minimum Gasteiger partial charge on any atom is -0.310 e. The lowest BCUT2D eigenvalue weighted by molar-refractivity contribution is 0.585. The van der Waals surface area contributed by atoms with Crippen LogP contribution in [0.3, 0.4) is 0 Å². The Morgan fingerprint density at radius 3 is 1.33 bits per heavy atom. The van der Waals surface area contributed by atoms with Gasteiger partial charge in [-0.2, -0.15) is 0 Å². The van der Waals surface area contributed by atoms with Crippen LogP contribution in [0.25, 0.3) is 55.6 Å². The van der Waals surface area contributed by atoms with E-state index >= 15 is 0 Å². The number of benzene rings is 11. The summed E-state index contributed by atoms with van der Waals surface area (Å²) in [6.45, 7) is 21.2. The van der Waals surface area contributed by atoms with Crippen LogP contribution in [0.2, 0.25) is 0 Å². The van der Waals surface area contributed by atoms with E-state index in [0.29, 0.717) is 0 Å². The Labute approximate surface area is 480 Å². The normalized spacial score (nSPS) is 16.0. The highest BCUT2D eigenvalue weighted by atomic mass is 15.1. The van der Waals surface area contributed by atoms with Gasteiger partial charge in [0.2, 0.25) is 0 Å². The molecule has 0 saturated heterocycles. The lowest BCUT2D eigenvalue weighted by Crippen LogP contribution is -2.30. The van der Waals surface area contributed by atoms with Gasteiger partial charge in [-0.25, -0.2) is 0 Å². The molecule has 81 heavy (non-hydrogen) atoms. The predicted molar refractivity (Wildman–Crippen MR) is 342 cm³/mol. The fraction of sp³-hybridized carbons (Fsp3) is 0.175. The van der Waals surface area contributed by atoms with Crippen molar-refractivity contribution in [1.29, 1.82) is 0 Å². The summed E-state index contributed by atoms with van der Waals surface area (Å²) in [5.74, 6) is 0. The molecule has 394 valence electrons. The van der Waals surface area contributed by atoms with Crippen molar-refractivity contribution in [2.75, 3.05) is 4.90 Å². The Morgan fingerprint density at radius 1 is 0.284 bits per heavy atom. The molecule has 0 aliphatic heterocycles. The van der Waals surface area contributed by atoms with Gasteiger partial charge < -0.3 is 4.90 Å². The third-order valence-corrected chi connectivity index (χ3v) is 18.8. The molecular formula is C80H69N. The highest BCUT2D eigenvalue weighted by molar-refractivity contribution is 5.92. The maximum atomic E-state index is 2.52. The van der Waals surface area contributed by atoms with Gasteiger partial charge in [0, 0.05) is 27.9 Å². The SMILES string of the molecule is CC(C)(C)c1cccc(C2(c3cccc(C(C)(C)C)c3)c3ccccc3-c3ccc(N(c4ccc(-c5ccc6c(c5)C(C)(c5ccccc5)c5ccccc5-6)cc4)c4ccc(-c5cccc6c5C(C)(C)c5ccccc5-6)cc4)cc32)c1. The molecule has 14 rings (SSSR count). The Balaban J connectivity index is 0.951. The largest absolute Gasteiger partial charge is 0.310 e. The summed E-state index contributed by atoms with van der Waals surface area (Å²) in [5, 5.41) is 0. The second-order valence-electron chi connectivity index (χ2n) is 25.8. The van der Waals surface area contributed by atoms with E-state index in [1.165, 1.54) is 117 Å². The summed E-state index contributed by atoms with van der Waals surface area (Å²) in [7, 11) is 0. The zero-order chi connectivity index (χ0) is 55.6. The van der Waals surface area contributed by atoms with Crippen molar-refractivity contribution in [2.45, 2.75) is 89.4 Å². The lowest BCUT2D eigenvalue weighted by Gasteiger charge is -2.36. The van der Waals surface area contributed by atoms with Crippen LogP contribution in [0.5, 0.6) is 0 Å². The number of anilines is 3. The first kappa shape index (κ1) is 50.4. The van der Waals surface area contributed by atoms with Crippen LogP contribution in [-0.4, -0.2) is 0 Å². The Bertz CT molecular complexity index is 4210. The molecule has 0 fully saturated rings. The molecular weight excluding hydrogens is 975 g/mol. The number of rotatable bonds is 8. The average Bonchev–Trinajstić information content (AvgIpc) is 4.27. The highest BCUT2D eigenvalue weighted by Gasteiger charge is 2.48. The van der Waals surface area contributed by atoms with Gasteiger partial charge >= 0.3 is 0 Å². The maximum Gasteiger partial charge on any atom is 0.0714 e. The van der Waals surface area contributed by atoms with Crippen molar-refractivity contribution < 1.29 is 0 Å². The standard InChI is InChI=1S/C80H69N/c1-76(2,3)56-24-19-26-58(49-56)80(59-27-20-25-57(50-59)77(4,5)6)72-35-18-15-29-65(72)68-47-45-62(51-74(68)80)81(61-43-38-53(39-44-61)63-31-21-32-69-66-30-13-16-33-70(66)78(7,8)75(63)69)60-41-36-52(37-42-60)54-40-46-67-64-28-14-17-34-71(64)79(9,73(67)48-54)55-22-11-10-12-23-55/h10-51H,1-9H3. The van der Waals surface area contributed by atoms with E-state index in [-0.39, 0.29) is 21.7 Å². The van der Waals surface area contributed by atoms with Crippen LogP contribution < -0.4 is 4.90 Å². The quantitative estimate of drug-likeness (QED) is 0.147. The van der Waals surface area contributed by atoms with E-state index in [1.807, 2.05) is 0 Å². The van der Waals surface area contributed by atoms with E-state index in [1.54, 1.807) is 0 Å². The molecule has 1 nitrogen and oxygen atoms in total. The van der Waals surface area contributed by atoms with E-state index in [9.17, 15) is 0 Å². The molecule has 0 heterocycles. The topological polar surface area (TPSA) is 3.24 Å². The van der Waals surface area contributed by atoms with Crippen molar-refractivity contribution in [3.63, 3.8) is 0 Å². The molecule has 0 radical (unpaired) electrons. The molecule has 0 amide bonds. The van der Waals surface area contributed by atoms with E-state index in [0.717, 1.165) is 17.1 Å². The van der Waals surface area contributed by atoms with E-state index in [4.69, 9.17) is 0 Å². The summed E-state index contributed by atoms with van der Waals surface area (Å²) in [4.78, 5) is 2.49. The molecule has 0 aromatic heterocycles. The highest BCUT2D eigenvalue weighted by Crippen LogP contribution is 2.59. The van der Waals surface area contributed by atoms with Crippen molar-refractivity contribution >= 4 is 17.1 Å². The summed E-state index contributed by atoms with van der Waals surface area (Å²) in [5.41, 5.74) is 29.5. The van der Waals surface area contributed by atoms with Crippen LogP contribution in [0.1, 0.15) is 124 Å². The van der Waals surface area contributed by atoms with Crippen LogP contribution in [0.4, 0.5) is 17.1 Å². The van der Waals surface area contributed by atoms with E-state index < -0.39 is 5.41 Å². The van der Waals surface area contributed by atoms with Crippen molar-refractivity contribution in [2.24, 2.45) is 0 Å². The third-order valence-electron chi connectivity index (χ3n) is 18.8. The number of hydrogen-bond acceptors (Lipinski definition) is 1. The predicted octanol–water partition coefficient (Wildman–Crippen LogP) is 21.1. The smallest absolute Gasteiger partial charge is 0.0714 e. The van der Waals surface area contributed by atoms with Crippen LogP contribution in [-0.2, 0) is 27.1 Å². The minimum atomic E-state index is -0.608. The molecule has 0 saturated carbocycles. The molecule has 3 aliphatic carbocycles. The van der Waals surface area contributed by atoms with Gasteiger partial charge in [-0.05, 0) is 177 Å². The van der Waals surface area contributed by atoms with Crippen molar-refractivity contribution in [3.05, 3.63) is 316 Å². The van der Waals surface area contributed by atoms with Crippen molar-refractivity contribution in [3.8, 4) is 55.6 Å². The summed E-state index contributed by atoms with van der Waals surface area (Å²) >= 11 is 0. The van der Waals surface area contributed by atoms with Gasteiger partial charge in [0.1, 0.15) is 0 Å². The Morgan fingerprint density at radius 2 is 0.716 bits per heavy atom. The minimum absolute atomic E-state index is 0.0473. The van der Waals surface area contributed by atoms with Gasteiger partial charge in [0.05, 0.1) is 5.41 Å². The first-order valence-corrected chi connectivity index (χ1v) is 29.1. The number of hydrogen-bond donors (Lipinski definition) is 0. The van der Waals surface area contributed by atoms with E-state index in [2.05, 4.69) is 322 Å². The zero-order valence-electron chi connectivity index (χ0n) is 48.2. The molecule has 11 aromatic carbocycles. The average molecular weight is 1040 g/mol. The number of fused-ring (bicyclic) bond motifs is 9. The van der Waals surface area contributed by atoms with Gasteiger partial charge in [-0.15, -0.1) is 0 Å². The summed E-state index contributed by atoms with van der Waals surface area (Å²) < 4.78 is 0. The van der Waals surface area contributed by atoms with Gasteiger partial charge in [0.15, 0.2) is 0 Å². The Hall–Kier alpha value is -8.78. The fourth-order valence-electron chi connectivity index (χ4n) is 14.5. The molecule has 1 unspecified atom stereocenters. The number of nitrogens with zero attached hydrogens (tertiary/aromatic N) is 1. The van der Waals surface area contributed by atoms with Crippen LogP contribution >= 0.6 is 0 Å². The lowest BCUT2D eigenvalue weighted by atomic mass is 9.66. The summed E-state index contributed by atoms with van der Waals surface area (Å²) in [6, 6.07) is 97.1. The monoisotopic (exact) mass is 1040 g/mol. The molecule has 0 N–H and O–H groups in total. The first-order valence-electron chi connectivity index (χ1n) is 29.1.